The SMILES string of the molecule is COc1ccc2c(c1)N(Cc1nc3c(F)c(F)c(F)cc3s1)C(=O)C(CC(=O)O)S2. The lowest BCUT2D eigenvalue weighted by molar-refractivity contribution is -0.138. The summed E-state index contributed by atoms with van der Waals surface area (Å²) in [5.74, 6) is -5.41. The van der Waals surface area contributed by atoms with Crippen LogP contribution >= 0.6 is 23.1 Å². The van der Waals surface area contributed by atoms with Gasteiger partial charge in [-0.25, -0.2) is 18.2 Å². The van der Waals surface area contributed by atoms with Crippen LogP contribution in [0.4, 0.5) is 18.9 Å². The topological polar surface area (TPSA) is 79.7 Å². The lowest BCUT2D eigenvalue weighted by atomic mass is 10.2. The van der Waals surface area contributed by atoms with Crippen LogP contribution in [-0.4, -0.2) is 34.3 Å². The Bertz CT molecular complexity index is 1180. The molecule has 0 spiro atoms. The lowest BCUT2D eigenvalue weighted by Crippen LogP contribution is -2.41. The third kappa shape index (κ3) is 3.58. The number of amides is 1. The van der Waals surface area contributed by atoms with Gasteiger partial charge in [-0.1, -0.05) is 0 Å². The van der Waals surface area contributed by atoms with Crippen LogP contribution in [0.15, 0.2) is 29.2 Å². The van der Waals surface area contributed by atoms with Crippen molar-refractivity contribution in [1.29, 1.82) is 0 Å². The number of halogens is 3. The third-order valence-corrected chi connectivity index (χ3v) is 6.73. The van der Waals surface area contributed by atoms with Gasteiger partial charge < -0.3 is 14.7 Å². The number of nitrogens with zero attached hydrogens (tertiary/aromatic N) is 2. The zero-order valence-corrected chi connectivity index (χ0v) is 17.0. The normalized spacial score (nSPS) is 16.1. The fourth-order valence-electron chi connectivity index (χ4n) is 3.10. The number of benzene rings is 2. The van der Waals surface area contributed by atoms with Crippen molar-refractivity contribution in [2.75, 3.05) is 12.0 Å². The molecule has 0 radical (unpaired) electrons. The predicted octanol–water partition coefficient (Wildman–Crippen LogP) is 4.20. The predicted molar refractivity (Wildman–Crippen MR) is 106 cm³/mol. The van der Waals surface area contributed by atoms with Crippen LogP contribution < -0.4 is 9.64 Å². The number of aromatic nitrogens is 1. The minimum atomic E-state index is -1.61. The van der Waals surface area contributed by atoms with E-state index >= 15 is 0 Å². The Hall–Kier alpha value is -2.79. The maximum atomic E-state index is 14.0. The van der Waals surface area contributed by atoms with Crippen molar-refractivity contribution in [3.63, 3.8) is 0 Å². The van der Waals surface area contributed by atoms with Crippen molar-refractivity contribution < 1.29 is 32.6 Å². The van der Waals surface area contributed by atoms with Crippen LogP contribution in [0, 0.1) is 17.5 Å². The van der Waals surface area contributed by atoms with Gasteiger partial charge in [0.2, 0.25) is 5.91 Å². The monoisotopic (exact) mass is 454 g/mol. The highest BCUT2D eigenvalue weighted by Gasteiger charge is 2.36. The Morgan fingerprint density at radius 3 is 2.73 bits per heavy atom. The van der Waals surface area contributed by atoms with E-state index in [1.165, 1.54) is 12.0 Å². The molecule has 1 atom stereocenters. The maximum absolute atomic E-state index is 14.0. The number of thioether (sulfide) groups is 1. The van der Waals surface area contributed by atoms with Crippen molar-refractivity contribution in [2.24, 2.45) is 0 Å². The molecule has 1 aliphatic heterocycles. The Labute approximate surface area is 176 Å². The zero-order valence-electron chi connectivity index (χ0n) is 15.3. The van der Waals surface area contributed by atoms with E-state index in [2.05, 4.69) is 4.98 Å². The van der Waals surface area contributed by atoms with Crippen LogP contribution in [0.1, 0.15) is 11.4 Å². The van der Waals surface area contributed by atoms with Crippen molar-refractivity contribution in [2.45, 2.75) is 23.1 Å². The highest BCUT2D eigenvalue weighted by Crippen LogP contribution is 2.43. The second-order valence-corrected chi connectivity index (χ2v) is 8.76. The van der Waals surface area contributed by atoms with Crippen LogP contribution in [0.3, 0.4) is 0 Å². The van der Waals surface area contributed by atoms with Gasteiger partial charge in [0, 0.05) is 11.0 Å². The van der Waals surface area contributed by atoms with E-state index in [4.69, 9.17) is 9.84 Å². The fourth-order valence-corrected chi connectivity index (χ4v) is 5.28. The summed E-state index contributed by atoms with van der Waals surface area (Å²) >= 11 is 2.06. The van der Waals surface area contributed by atoms with Crippen molar-refractivity contribution in [3.05, 3.63) is 46.7 Å². The second-order valence-electron chi connectivity index (χ2n) is 6.40. The molecular weight excluding hydrogens is 441 g/mol. The molecule has 1 N–H and O–H groups in total. The molecule has 1 aromatic heterocycles. The van der Waals surface area contributed by atoms with Crippen molar-refractivity contribution in [3.8, 4) is 5.75 Å². The van der Waals surface area contributed by atoms with Gasteiger partial charge in [-0.15, -0.1) is 23.1 Å². The average molecular weight is 454 g/mol. The van der Waals surface area contributed by atoms with E-state index < -0.39 is 34.6 Å². The van der Waals surface area contributed by atoms with Gasteiger partial charge in [-0.2, -0.15) is 0 Å². The molecule has 3 aromatic rings. The Morgan fingerprint density at radius 2 is 2.03 bits per heavy atom. The minimum Gasteiger partial charge on any atom is -0.497 e. The molecule has 1 aliphatic rings. The molecular formula is C19H13F3N2O4S2. The van der Waals surface area contributed by atoms with E-state index in [0.29, 0.717) is 16.3 Å². The number of anilines is 1. The average Bonchev–Trinajstić information content (AvgIpc) is 3.11. The van der Waals surface area contributed by atoms with Crippen LogP contribution in [0.25, 0.3) is 10.2 Å². The first-order valence-corrected chi connectivity index (χ1v) is 10.3. The molecule has 1 amide bonds. The highest BCUT2D eigenvalue weighted by atomic mass is 32.2. The van der Waals surface area contributed by atoms with Gasteiger partial charge in [-0.05, 0) is 18.2 Å². The molecule has 0 saturated heterocycles. The number of carboxylic acid groups (broad SMARTS) is 1. The Kier molecular flexibility index (Phi) is 5.33. The number of carbonyl (C=O) groups is 2. The van der Waals surface area contributed by atoms with Gasteiger partial charge in [0.25, 0.3) is 0 Å². The Morgan fingerprint density at radius 1 is 1.27 bits per heavy atom. The lowest BCUT2D eigenvalue weighted by Gasteiger charge is -2.33. The Balaban J connectivity index is 1.76. The molecule has 6 nitrogen and oxygen atoms in total. The van der Waals surface area contributed by atoms with E-state index in [1.54, 1.807) is 18.2 Å². The van der Waals surface area contributed by atoms with Gasteiger partial charge in [0.15, 0.2) is 17.5 Å². The van der Waals surface area contributed by atoms with E-state index in [1.807, 2.05) is 0 Å². The maximum Gasteiger partial charge on any atom is 0.305 e. The van der Waals surface area contributed by atoms with Crippen LogP contribution in [0.2, 0.25) is 0 Å². The first kappa shape index (κ1) is 20.5. The molecule has 11 heteroatoms. The molecule has 0 saturated carbocycles. The van der Waals surface area contributed by atoms with E-state index in [-0.39, 0.29) is 28.2 Å². The number of fused-ring (bicyclic) bond motifs is 2. The number of carboxylic acids is 1. The molecule has 1 unspecified atom stereocenters. The first-order chi connectivity index (χ1) is 14.3. The molecule has 4 rings (SSSR count). The number of rotatable bonds is 5. The first-order valence-electron chi connectivity index (χ1n) is 8.59. The fraction of sp³-hybridized carbons (Fsp3) is 0.211. The standard InChI is InChI=1S/C19H13F3N2O4S2/c1-28-8-2-3-11-10(4-8)24(19(27)13(29-11)6-15(25)26)7-14-23-18-12(30-14)5-9(20)16(21)17(18)22/h2-5,13H,6-7H2,1H3,(H,25,26). The van der Waals surface area contributed by atoms with Gasteiger partial charge in [-0.3, -0.25) is 9.59 Å². The summed E-state index contributed by atoms with van der Waals surface area (Å²) < 4.78 is 46.4. The number of carbonyl (C=O) groups excluding carboxylic acids is 1. The number of methoxy groups -OCH3 is 1. The summed E-state index contributed by atoms with van der Waals surface area (Å²) in [6.45, 7) is -0.113. The van der Waals surface area contributed by atoms with Gasteiger partial charge >= 0.3 is 5.97 Å². The second kappa shape index (κ2) is 7.80. The largest absolute Gasteiger partial charge is 0.497 e. The zero-order chi connectivity index (χ0) is 21.6. The third-order valence-electron chi connectivity index (χ3n) is 4.49. The minimum absolute atomic E-state index is 0.105. The number of hydrogen-bond acceptors (Lipinski definition) is 6. The van der Waals surface area contributed by atoms with Gasteiger partial charge in [0.1, 0.15) is 16.3 Å². The van der Waals surface area contributed by atoms with Crippen molar-refractivity contribution in [1.82, 2.24) is 4.98 Å². The molecule has 30 heavy (non-hydrogen) atoms. The summed E-state index contributed by atoms with van der Waals surface area (Å²) in [5, 5.41) is 8.53. The highest BCUT2D eigenvalue weighted by molar-refractivity contribution is 8.01. The van der Waals surface area contributed by atoms with E-state index in [9.17, 15) is 22.8 Å². The summed E-state index contributed by atoms with van der Waals surface area (Å²) in [7, 11) is 1.47. The molecule has 0 aliphatic carbocycles. The number of hydrogen-bond donors (Lipinski definition) is 1. The smallest absolute Gasteiger partial charge is 0.305 e. The van der Waals surface area contributed by atoms with Crippen LogP contribution in [0.5, 0.6) is 5.75 Å². The summed E-state index contributed by atoms with van der Waals surface area (Å²) in [4.78, 5) is 30.2. The van der Waals surface area contributed by atoms with Gasteiger partial charge in [0.05, 0.1) is 35.7 Å². The number of thiazole rings is 1. The molecule has 2 heterocycles. The summed E-state index contributed by atoms with van der Waals surface area (Å²) in [6, 6.07) is 5.89. The molecule has 0 bridgehead atoms. The number of ether oxygens (including phenoxy) is 1. The molecule has 156 valence electrons. The summed E-state index contributed by atoms with van der Waals surface area (Å²) in [6.07, 6.45) is -0.379. The quantitative estimate of drug-likeness (QED) is 0.582. The number of aliphatic carboxylic acids is 1. The van der Waals surface area contributed by atoms with E-state index in [0.717, 1.165) is 29.2 Å². The van der Waals surface area contributed by atoms with Crippen molar-refractivity contribution >= 4 is 50.9 Å². The molecule has 2 aromatic carbocycles. The van der Waals surface area contributed by atoms with Crippen LogP contribution in [-0.2, 0) is 16.1 Å². The summed E-state index contributed by atoms with van der Waals surface area (Å²) in [5.41, 5.74) is 0.170. The molecule has 0 fully saturated rings.